The Balaban J connectivity index is 4.27. The molecule has 0 spiro atoms. The molecule has 9 heteroatoms. The van der Waals surface area contributed by atoms with Crippen LogP contribution in [0.3, 0.4) is 0 Å². The van der Waals surface area contributed by atoms with E-state index in [1.807, 2.05) is 0 Å². The van der Waals surface area contributed by atoms with E-state index < -0.39 is 13.9 Å². The van der Waals surface area contributed by atoms with Gasteiger partial charge in [0.2, 0.25) is 0 Å². The Kier molecular flexibility index (Phi) is 32.2. The summed E-state index contributed by atoms with van der Waals surface area (Å²) in [7, 11) is -4.28. The Morgan fingerprint density at radius 2 is 1.24 bits per heavy atom. The molecule has 8 nitrogen and oxygen atoms in total. The maximum atomic E-state index is 12.5. The fraction of sp³-hybridized carbons (Fsp3) is 0.694. The number of carbonyl (C=O) groups is 1. The van der Waals surface area contributed by atoms with E-state index in [0.717, 1.165) is 70.6 Å². The number of phosphoric acid groups is 1. The third-order valence-corrected chi connectivity index (χ3v) is 7.65. The van der Waals surface area contributed by atoms with Gasteiger partial charge in [-0.1, -0.05) is 107 Å². The molecule has 0 saturated heterocycles. The number of ether oxygens (including phenoxy) is 2. The first-order chi connectivity index (χ1) is 21.9. The van der Waals surface area contributed by atoms with Crippen LogP contribution in [0.5, 0.6) is 0 Å². The van der Waals surface area contributed by atoms with Gasteiger partial charge in [0.15, 0.2) is 0 Å². The summed E-state index contributed by atoms with van der Waals surface area (Å²) >= 11 is 0. The zero-order chi connectivity index (χ0) is 33.1. The highest BCUT2D eigenvalue weighted by atomic mass is 31.2. The Morgan fingerprint density at radius 3 is 1.89 bits per heavy atom. The van der Waals surface area contributed by atoms with Crippen LogP contribution >= 0.6 is 7.82 Å². The molecule has 2 atom stereocenters. The van der Waals surface area contributed by atoms with Crippen molar-refractivity contribution in [2.75, 3.05) is 33.0 Å². The highest BCUT2D eigenvalue weighted by Crippen LogP contribution is 2.43. The molecule has 0 aliphatic carbocycles. The van der Waals surface area contributed by atoms with Crippen LogP contribution in [0.1, 0.15) is 123 Å². The van der Waals surface area contributed by atoms with Crippen LogP contribution < -0.4 is 5.73 Å². The van der Waals surface area contributed by atoms with E-state index in [-0.39, 0.29) is 32.3 Å². The van der Waals surface area contributed by atoms with Crippen LogP contribution in [0.2, 0.25) is 0 Å². The van der Waals surface area contributed by atoms with Gasteiger partial charge in [-0.3, -0.25) is 13.8 Å². The zero-order valence-electron chi connectivity index (χ0n) is 28.3. The Hall–Kier alpha value is -1.80. The van der Waals surface area contributed by atoms with Gasteiger partial charge in [-0.15, -0.1) is 0 Å². The van der Waals surface area contributed by atoms with Crippen LogP contribution in [0.25, 0.3) is 0 Å². The van der Waals surface area contributed by atoms with Crippen molar-refractivity contribution in [3.05, 3.63) is 60.8 Å². The van der Waals surface area contributed by atoms with Crippen molar-refractivity contribution < 1.29 is 32.8 Å². The van der Waals surface area contributed by atoms with Gasteiger partial charge in [-0.05, 0) is 70.6 Å². The van der Waals surface area contributed by atoms with Crippen LogP contribution in [-0.2, 0) is 27.9 Å². The van der Waals surface area contributed by atoms with E-state index in [1.54, 1.807) is 0 Å². The van der Waals surface area contributed by atoms with Gasteiger partial charge in [-0.25, -0.2) is 4.57 Å². The Bertz CT molecular complexity index is 869. The second-order valence-electron chi connectivity index (χ2n) is 11.0. The SMILES string of the molecule is CC/C=C\C/C=C\C/C=C\C/C=C\CCCOCC(COP(=O)(O)OCCN)OC(=O)CCCCCCC/C=C\CCCCC. The number of carbonyl (C=O) groups excluding carboxylic acids is 1. The summed E-state index contributed by atoms with van der Waals surface area (Å²) in [4.78, 5) is 22.3. The minimum absolute atomic E-state index is 0.0722. The van der Waals surface area contributed by atoms with Gasteiger partial charge in [0, 0.05) is 19.6 Å². The summed E-state index contributed by atoms with van der Waals surface area (Å²) in [5.41, 5.74) is 5.33. The average molecular weight is 654 g/mol. The highest BCUT2D eigenvalue weighted by Gasteiger charge is 2.25. The van der Waals surface area contributed by atoms with Gasteiger partial charge in [0.1, 0.15) is 6.10 Å². The molecular weight excluding hydrogens is 589 g/mol. The molecule has 0 rings (SSSR count). The fourth-order valence-corrected chi connectivity index (χ4v) is 4.93. The van der Waals surface area contributed by atoms with Crippen molar-refractivity contribution in [3.8, 4) is 0 Å². The fourth-order valence-electron chi connectivity index (χ4n) is 4.17. The molecule has 260 valence electrons. The Labute approximate surface area is 274 Å². The van der Waals surface area contributed by atoms with E-state index in [4.69, 9.17) is 24.3 Å². The zero-order valence-corrected chi connectivity index (χ0v) is 29.2. The predicted octanol–water partition coefficient (Wildman–Crippen LogP) is 9.46. The molecule has 0 radical (unpaired) electrons. The molecule has 3 N–H and O–H groups in total. The van der Waals surface area contributed by atoms with Gasteiger partial charge >= 0.3 is 13.8 Å². The molecule has 0 bridgehead atoms. The molecule has 0 aromatic carbocycles. The Morgan fingerprint density at radius 1 is 0.689 bits per heavy atom. The predicted molar refractivity (Wildman–Crippen MR) is 187 cm³/mol. The minimum atomic E-state index is -4.28. The van der Waals surface area contributed by atoms with E-state index >= 15 is 0 Å². The smallest absolute Gasteiger partial charge is 0.457 e. The van der Waals surface area contributed by atoms with Crippen molar-refractivity contribution in [2.24, 2.45) is 5.73 Å². The van der Waals surface area contributed by atoms with Crippen LogP contribution in [0.15, 0.2) is 60.8 Å². The molecule has 0 aliphatic heterocycles. The summed E-state index contributed by atoms with van der Waals surface area (Å²) in [6.07, 6.45) is 38.2. The van der Waals surface area contributed by atoms with Gasteiger partial charge in [0.25, 0.3) is 0 Å². The summed E-state index contributed by atoms with van der Waals surface area (Å²) < 4.78 is 33.1. The van der Waals surface area contributed by atoms with E-state index in [0.29, 0.717) is 13.0 Å². The number of phosphoric ester groups is 1. The number of unbranched alkanes of at least 4 members (excludes halogenated alkanes) is 9. The first-order valence-corrected chi connectivity index (χ1v) is 18.8. The van der Waals surface area contributed by atoms with E-state index in [1.165, 1.54) is 32.1 Å². The van der Waals surface area contributed by atoms with Gasteiger partial charge in [-0.2, -0.15) is 0 Å². The molecule has 0 aromatic rings. The van der Waals surface area contributed by atoms with E-state index in [2.05, 4.69) is 74.6 Å². The van der Waals surface area contributed by atoms with Crippen molar-refractivity contribution >= 4 is 13.8 Å². The molecule has 2 unspecified atom stereocenters. The number of allylic oxidation sites excluding steroid dienone is 10. The molecular formula is C36H64NO7P. The summed E-state index contributed by atoms with van der Waals surface area (Å²) in [5.74, 6) is -0.363. The second kappa shape index (κ2) is 33.6. The number of rotatable bonds is 32. The molecule has 0 aromatic heterocycles. The molecule has 0 heterocycles. The highest BCUT2D eigenvalue weighted by molar-refractivity contribution is 7.47. The third kappa shape index (κ3) is 33.4. The summed E-state index contributed by atoms with van der Waals surface area (Å²) in [6, 6.07) is 0. The van der Waals surface area contributed by atoms with Crippen molar-refractivity contribution in [3.63, 3.8) is 0 Å². The van der Waals surface area contributed by atoms with Crippen LogP contribution in [0.4, 0.5) is 0 Å². The maximum Gasteiger partial charge on any atom is 0.472 e. The van der Waals surface area contributed by atoms with Crippen molar-refractivity contribution in [1.29, 1.82) is 0 Å². The second-order valence-corrected chi connectivity index (χ2v) is 12.4. The molecule has 0 aliphatic rings. The lowest BCUT2D eigenvalue weighted by Gasteiger charge is -2.20. The van der Waals surface area contributed by atoms with Gasteiger partial charge in [0.05, 0.1) is 19.8 Å². The lowest BCUT2D eigenvalue weighted by Crippen LogP contribution is -2.28. The average Bonchev–Trinajstić information content (AvgIpc) is 3.02. The maximum absolute atomic E-state index is 12.5. The van der Waals surface area contributed by atoms with Crippen molar-refractivity contribution in [2.45, 2.75) is 129 Å². The third-order valence-electron chi connectivity index (χ3n) is 6.67. The first-order valence-electron chi connectivity index (χ1n) is 17.3. The topological polar surface area (TPSA) is 117 Å². The summed E-state index contributed by atoms with van der Waals surface area (Å²) in [6.45, 7) is 4.58. The molecule has 0 fully saturated rings. The van der Waals surface area contributed by atoms with Gasteiger partial charge < -0.3 is 20.1 Å². The molecule has 45 heavy (non-hydrogen) atoms. The lowest BCUT2D eigenvalue weighted by molar-refractivity contribution is -0.154. The van der Waals surface area contributed by atoms with Crippen molar-refractivity contribution in [1.82, 2.24) is 0 Å². The molecule has 0 amide bonds. The number of hydrogen-bond donors (Lipinski definition) is 2. The monoisotopic (exact) mass is 653 g/mol. The first kappa shape index (κ1) is 43.2. The number of hydrogen-bond acceptors (Lipinski definition) is 7. The summed E-state index contributed by atoms with van der Waals surface area (Å²) in [5, 5.41) is 0. The molecule has 0 saturated carbocycles. The standard InChI is InChI=1S/C36H64NO7P/c1-3-5-7-9-11-13-15-17-18-20-22-24-26-28-31-41-33-35(34-43-45(39,40)42-32-30-37)44-36(38)29-27-25-23-21-19-16-14-12-10-8-6-4-2/h5,7,11-14,17-18,22,24,35H,3-4,6,8-10,15-16,19-21,23,25-34,37H2,1-2H3,(H,39,40)/b7-5-,13-11-,14-12-,18-17-,24-22-. The minimum Gasteiger partial charge on any atom is -0.457 e. The van der Waals surface area contributed by atoms with E-state index in [9.17, 15) is 14.3 Å². The quantitative estimate of drug-likeness (QED) is 0.0319. The van der Waals surface area contributed by atoms with Crippen LogP contribution in [-0.4, -0.2) is 49.9 Å². The van der Waals surface area contributed by atoms with Crippen LogP contribution in [0, 0.1) is 0 Å². The normalized spacial score (nSPS) is 14.5. The number of esters is 1. The largest absolute Gasteiger partial charge is 0.472 e. The number of nitrogens with two attached hydrogens (primary N) is 1. The lowest BCUT2D eigenvalue weighted by atomic mass is 10.1.